The molecule has 0 spiro atoms. The molecule has 3 N–H and O–H groups in total. The van der Waals surface area contributed by atoms with Gasteiger partial charge in [0.2, 0.25) is 0 Å². The fraction of sp³-hybridized carbons (Fsp3) is 0.250. The number of H-pyrrole nitrogens is 1. The van der Waals surface area contributed by atoms with Gasteiger partial charge in [0.05, 0.1) is 12.0 Å². The zero-order valence-corrected chi connectivity index (χ0v) is 9.87. The second-order valence-electron chi connectivity index (χ2n) is 3.80. The number of halogens is 1. The van der Waals surface area contributed by atoms with Gasteiger partial charge in [0.25, 0.3) is 5.56 Å². The first-order valence-electron chi connectivity index (χ1n) is 5.30. The molecule has 0 aliphatic carbocycles. The summed E-state index contributed by atoms with van der Waals surface area (Å²) in [5.41, 5.74) is 0.669. The van der Waals surface area contributed by atoms with E-state index in [1.807, 2.05) is 18.2 Å². The Bertz CT molecular complexity index is 568. The van der Waals surface area contributed by atoms with E-state index in [4.69, 9.17) is 11.6 Å². The largest absolute Gasteiger partial charge is 0.390 e. The number of hydrogen-bond acceptors (Lipinski definition) is 3. The molecule has 0 saturated carbocycles. The Morgan fingerprint density at radius 3 is 3.00 bits per heavy atom. The lowest BCUT2D eigenvalue weighted by molar-refractivity contribution is 0.211. The molecule has 2 rings (SSSR count). The van der Waals surface area contributed by atoms with Crippen LogP contribution in [0.25, 0.3) is 10.8 Å². The average Bonchev–Trinajstić information content (AvgIpc) is 2.36. The van der Waals surface area contributed by atoms with Crippen molar-refractivity contribution in [3.8, 4) is 0 Å². The minimum atomic E-state index is -0.596. The van der Waals surface area contributed by atoms with E-state index in [2.05, 4.69) is 10.3 Å². The lowest BCUT2D eigenvalue weighted by Gasteiger charge is -2.10. The van der Waals surface area contributed by atoms with Crippen LogP contribution >= 0.6 is 11.6 Å². The first-order chi connectivity index (χ1) is 8.20. The van der Waals surface area contributed by atoms with Crippen LogP contribution in [0.3, 0.4) is 0 Å². The van der Waals surface area contributed by atoms with Crippen molar-refractivity contribution in [3.05, 3.63) is 40.8 Å². The van der Waals surface area contributed by atoms with Crippen LogP contribution in [0.15, 0.2) is 35.3 Å². The predicted molar refractivity (Wildman–Crippen MR) is 69.8 cm³/mol. The van der Waals surface area contributed by atoms with E-state index in [1.165, 1.54) is 0 Å². The number of rotatable bonds is 4. The van der Waals surface area contributed by atoms with Crippen LogP contribution in [0.2, 0.25) is 0 Å². The standard InChI is InChI=1S/C12H13ClN2O2/c13-6-10(16)7-15-9-2-1-8-3-4-14-12(17)11(8)5-9/h1-5,10,15-16H,6-7H2,(H,14,17). The quantitative estimate of drug-likeness (QED) is 0.724. The second kappa shape index (κ2) is 5.21. The molecule has 0 aliphatic heterocycles. The van der Waals surface area contributed by atoms with E-state index in [1.54, 1.807) is 12.3 Å². The van der Waals surface area contributed by atoms with Crippen LogP contribution < -0.4 is 10.9 Å². The number of aromatic nitrogens is 1. The summed E-state index contributed by atoms with van der Waals surface area (Å²) in [5, 5.41) is 13.9. The minimum Gasteiger partial charge on any atom is -0.390 e. The van der Waals surface area contributed by atoms with Gasteiger partial charge in [0.1, 0.15) is 0 Å². The molecule has 0 saturated heterocycles. The molecule has 1 heterocycles. The van der Waals surface area contributed by atoms with Gasteiger partial charge >= 0.3 is 0 Å². The molecule has 4 nitrogen and oxygen atoms in total. The summed E-state index contributed by atoms with van der Waals surface area (Å²) in [6.07, 6.45) is 1.02. The van der Waals surface area contributed by atoms with Crippen molar-refractivity contribution in [2.75, 3.05) is 17.7 Å². The Labute approximate surface area is 103 Å². The van der Waals surface area contributed by atoms with Gasteiger partial charge in [-0.25, -0.2) is 0 Å². The summed E-state index contributed by atoms with van der Waals surface area (Å²) in [6.45, 7) is 0.361. The highest BCUT2D eigenvalue weighted by atomic mass is 35.5. The first kappa shape index (κ1) is 12.0. The van der Waals surface area contributed by atoms with E-state index >= 15 is 0 Å². The van der Waals surface area contributed by atoms with Crippen LogP contribution in [0, 0.1) is 0 Å². The third-order valence-corrected chi connectivity index (χ3v) is 2.85. The highest BCUT2D eigenvalue weighted by Gasteiger charge is 2.03. The summed E-state index contributed by atoms with van der Waals surface area (Å²) >= 11 is 5.49. The maximum absolute atomic E-state index is 11.6. The Hall–Kier alpha value is -1.52. The van der Waals surface area contributed by atoms with Gasteiger partial charge in [-0.3, -0.25) is 4.79 Å². The van der Waals surface area contributed by atoms with Crippen molar-refractivity contribution in [2.45, 2.75) is 6.10 Å². The normalized spacial score (nSPS) is 12.6. The highest BCUT2D eigenvalue weighted by Crippen LogP contribution is 2.15. The predicted octanol–water partition coefficient (Wildman–Crippen LogP) is 1.54. The minimum absolute atomic E-state index is 0.121. The van der Waals surface area contributed by atoms with Gasteiger partial charge in [0, 0.05) is 23.8 Å². The first-order valence-corrected chi connectivity index (χ1v) is 5.83. The molecule has 1 aromatic carbocycles. The van der Waals surface area contributed by atoms with Crippen molar-refractivity contribution in [1.29, 1.82) is 0 Å². The van der Waals surface area contributed by atoms with Crippen LogP contribution in [0.1, 0.15) is 0 Å². The number of aliphatic hydroxyl groups is 1. The number of anilines is 1. The molecule has 2 aromatic rings. The Balaban J connectivity index is 2.25. The number of nitrogens with one attached hydrogen (secondary N) is 2. The molecule has 90 valence electrons. The molecule has 17 heavy (non-hydrogen) atoms. The van der Waals surface area contributed by atoms with E-state index < -0.39 is 6.10 Å². The third-order valence-electron chi connectivity index (χ3n) is 2.50. The monoisotopic (exact) mass is 252 g/mol. The summed E-state index contributed by atoms with van der Waals surface area (Å²) in [6, 6.07) is 7.33. The molecule has 0 fully saturated rings. The van der Waals surface area contributed by atoms with Gasteiger partial charge in [-0.2, -0.15) is 0 Å². The lowest BCUT2D eigenvalue weighted by Crippen LogP contribution is -2.20. The summed E-state index contributed by atoms with van der Waals surface area (Å²) in [7, 11) is 0. The number of fused-ring (bicyclic) bond motifs is 1. The maximum atomic E-state index is 11.6. The Kier molecular flexibility index (Phi) is 3.66. The van der Waals surface area contributed by atoms with E-state index in [9.17, 15) is 9.90 Å². The smallest absolute Gasteiger partial charge is 0.255 e. The van der Waals surface area contributed by atoms with Gasteiger partial charge in [-0.05, 0) is 23.6 Å². The highest BCUT2D eigenvalue weighted by molar-refractivity contribution is 6.18. The van der Waals surface area contributed by atoms with Gasteiger partial charge in [-0.15, -0.1) is 11.6 Å². The fourth-order valence-electron chi connectivity index (χ4n) is 1.58. The van der Waals surface area contributed by atoms with Crippen LogP contribution in [0.4, 0.5) is 5.69 Å². The van der Waals surface area contributed by atoms with E-state index in [-0.39, 0.29) is 11.4 Å². The second-order valence-corrected chi connectivity index (χ2v) is 4.11. The summed E-state index contributed by atoms with van der Waals surface area (Å²) in [4.78, 5) is 14.2. The van der Waals surface area contributed by atoms with Crippen molar-refractivity contribution >= 4 is 28.1 Å². The zero-order valence-electron chi connectivity index (χ0n) is 9.11. The number of alkyl halides is 1. The number of aromatic amines is 1. The summed E-state index contributed by atoms with van der Waals surface area (Å²) in [5.74, 6) is 0.182. The lowest BCUT2D eigenvalue weighted by atomic mass is 10.1. The van der Waals surface area contributed by atoms with Crippen LogP contribution in [-0.2, 0) is 0 Å². The average molecular weight is 253 g/mol. The Morgan fingerprint density at radius 2 is 2.24 bits per heavy atom. The zero-order chi connectivity index (χ0) is 12.3. The van der Waals surface area contributed by atoms with Crippen molar-refractivity contribution in [3.63, 3.8) is 0 Å². The van der Waals surface area contributed by atoms with Gasteiger partial charge in [0.15, 0.2) is 0 Å². The molecule has 0 aliphatic rings. The SMILES string of the molecule is O=c1[nH]ccc2ccc(NCC(O)CCl)cc12. The molecule has 1 atom stereocenters. The number of hydrogen-bond donors (Lipinski definition) is 3. The van der Waals surface area contributed by atoms with Crippen LogP contribution in [0.5, 0.6) is 0 Å². The summed E-state index contributed by atoms with van der Waals surface area (Å²) < 4.78 is 0. The number of pyridine rings is 1. The van der Waals surface area contributed by atoms with Crippen molar-refractivity contribution in [2.24, 2.45) is 0 Å². The number of aliphatic hydroxyl groups excluding tert-OH is 1. The van der Waals surface area contributed by atoms with Gasteiger partial charge in [-0.1, -0.05) is 6.07 Å². The molecule has 5 heteroatoms. The topological polar surface area (TPSA) is 65.1 Å². The molecule has 1 aromatic heterocycles. The molecule has 0 amide bonds. The maximum Gasteiger partial charge on any atom is 0.255 e. The molecular formula is C12H13ClN2O2. The Morgan fingerprint density at radius 1 is 1.41 bits per heavy atom. The van der Waals surface area contributed by atoms with E-state index in [0.29, 0.717) is 11.9 Å². The molecular weight excluding hydrogens is 240 g/mol. The number of benzene rings is 1. The molecule has 1 unspecified atom stereocenters. The van der Waals surface area contributed by atoms with Gasteiger partial charge < -0.3 is 15.4 Å². The van der Waals surface area contributed by atoms with Crippen molar-refractivity contribution < 1.29 is 5.11 Å². The van der Waals surface area contributed by atoms with Crippen LogP contribution in [-0.4, -0.2) is 28.6 Å². The van der Waals surface area contributed by atoms with E-state index in [0.717, 1.165) is 11.1 Å². The fourth-order valence-corrected chi connectivity index (χ4v) is 1.69. The molecule has 0 bridgehead atoms. The van der Waals surface area contributed by atoms with Crippen molar-refractivity contribution in [1.82, 2.24) is 4.98 Å². The third kappa shape index (κ3) is 2.78. The molecule has 0 radical (unpaired) electrons.